The zero-order valence-electron chi connectivity index (χ0n) is 15.1. The number of pyridine rings is 1. The molecular formula is C19H24F3N3O2. The summed E-state index contributed by atoms with van der Waals surface area (Å²) in [6.07, 6.45) is 4.78. The first-order valence-electron chi connectivity index (χ1n) is 9.65. The number of hydrogen-bond acceptors (Lipinski definition) is 4. The molecule has 1 spiro atoms. The van der Waals surface area contributed by atoms with E-state index in [0.717, 1.165) is 12.8 Å². The van der Waals surface area contributed by atoms with Gasteiger partial charge in [0, 0.05) is 31.7 Å². The number of anilines is 1. The van der Waals surface area contributed by atoms with Gasteiger partial charge >= 0.3 is 0 Å². The molecule has 2 saturated heterocycles. The van der Waals surface area contributed by atoms with E-state index >= 15 is 0 Å². The van der Waals surface area contributed by atoms with Gasteiger partial charge in [-0.05, 0) is 44.9 Å². The predicted octanol–water partition coefficient (Wildman–Crippen LogP) is 2.62. The number of piperidine rings is 1. The molecular weight excluding hydrogens is 359 g/mol. The number of halogens is 3. The van der Waals surface area contributed by atoms with Crippen LogP contribution < -0.4 is 4.90 Å². The van der Waals surface area contributed by atoms with Crippen molar-refractivity contribution < 1.29 is 23.1 Å². The van der Waals surface area contributed by atoms with Crippen LogP contribution in [0.1, 0.15) is 44.9 Å². The van der Waals surface area contributed by atoms with Crippen molar-refractivity contribution >= 4 is 11.7 Å². The van der Waals surface area contributed by atoms with E-state index in [1.807, 2.05) is 4.90 Å². The molecule has 1 saturated carbocycles. The second-order valence-electron chi connectivity index (χ2n) is 8.08. The molecule has 1 aliphatic carbocycles. The molecule has 27 heavy (non-hydrogen) atoms. The molecule has 3 heterocycles. The fourth-order valence-electron chi connectivity index (χ4n) is 4.91. The van der Waals surface area contributed by atoms with Crippen LogP contribution in [0.3, 0.4) is 0 Å². The molecule has 3 aliphatic rings. The van der Waals surface area contributed by atoms with E-state index in [4.69, 9.17) is 0 Å². The highest BCUT2D eigenvalue weighted by Gasteiger charge is 2.51. The number of aliphatic hydroxyl groups is 1. The summed E-state index contributed by atoms with van der Waals surface area (Å²) in [7, 11) is 0. The maximum absolute atomic E-state index is 14.2. The minimum atomic E-state index is -1.33. The lowest BCUT2D eigenvalue weighted by Crippen LogP contribution is -2.50. The highest BCUT2D eigenvalue weighted by molar-refractivity contribution is 5.86. The van der Waals surface area contributed by atoms with E-state index in [0.29, 0.717) is 51.3 Å². The highest BCUT2D eigenvalue weighted by atomic mass is 19.2. The summed E-state index contributed by atoms with van der Waals surface area (Å²) in [5, 5.41) is 9.70. The summed E-state index contributed by atoms with van der Waals surface area (Å²) in [4.78, 5) is 20.2. The van der Waals surface area contributed by atoms with Gasteiger partial charge in [0.2, 0.25) is 5.91 Å². The Morgan fingerprint density at radius 1 is 1.07 bits per heavy atom. The number of likely N-dealkylation sites (tertiary alicyclic amines) is 1. The van der Waals surface area contributed by atoms with Crippen molar-refractivity contribution in [3.05, 3.63) is 23.6 Å². The van der Waals surface area contributed by atoms with Gasteiger partial charge in [0.15, 0.2) is 17.5 Å². The molecule has 2 aliphatic heterocycles. The molecule has 0 radical (unpaired) electrons. The van der Waals surface area contributed by atoms with Crippen LogP contribution in [-0.4, -0.2) is 52.7 Å². The van der Waals surface area contributed by atoms with Gasteiger partial charge < -0.3 is 14.9 Å². The second-order valence-corrected chi connectivity index (χ2v) is 8.08. The summed E-state index contributed by atoms with van der Waals surface area (Å²) in [5.41, 5.74) is -0.618. The van der Waals surface area contributed by atoms with Crippen LogP contribution in [0.4, 0.5) is 19.0 Å². The molecule has 8 heteroatoms. The van der Waals surface area contributed by atoms with Crippen molar-refractivity contribution in [2.24, 2.45) is 5.41 Å². The van der Waals surface area contributed by atoms with Crippen LogP contribution in [0, 0.1) is 23.0 Å². The molecule has 0 aromatic carbocycles. The molecule has 1 amide bonds. The number of aromatic nitrogens is 1. The van der Waals surface area contributed by atoms with Gasteiger partial charge in [0.1, 0.15) is 0 Å². The number of aliphatic hydroxyl groups excluding tert-OH is 1. The van der Waals surface area contributed by atoms with Crippen LogP contribution in [0.2, 0.25) is 0 Å². The number of nitrogens with zero attached hydrogens (tertiary/aromatic N) is 3. The number of rotatable bonds is 2. The summed E-state index contributed by atoms with van der Waals surface area (Å²) in [6.45, 7) is 1.38. The lowest BCUT2D eigenvalue weighted by Gasteiger charge is -2.41. The van der Waals surface area contributed by atoms with Gasteiger partial charge in [-0.15, -0.1) is 0 Å². The molecule has 0 unspecified atom stereocenters. The molecule has 3 fully saturated rings. The molecule has 1 aromatic rings. The summed E-state index contributed by atoms with van der Waals surface area (Å²) < 4.78 is 40.9. The molecule has 1 aromatic heterocycles. The largest absolute Gasteiger partial charge is 0.393 e. The second kappa shape index (κ2) is 6.96. The van der Waals surface area contributed by atoms with Crippen LogP contribution in [0.15, 0.2) is 6.07 Å². The first kappa shape index (κ1) is 18.5. The van der Waals surface area contributed by atoms with E-state index in [-0.39, 0.29) is 30.4 Å². The molecule has 5 nitrogen and oxygen atoms in total. The smallest absolute Gasteiger partial charge is 0.251 e. The lowest BCUT2D eigenvalue weighted by molar-refractivity contribution is -0.139. The molecule has 148 valence electrons. The Hall–Kier alpha value is -1.83. The predicted molar refractivity (Wildman–Crippen MR) is 92.6 cm³/mol. The average molecular weight is 383 g/mol. The van der Waals surface area contributed by atoms with Crippen molar-refractivity contribution in [3.8, 4) is 0 Å². The Kier molecular flexibility index (Phi) is 4.78. The Morgan fingerprint density at radius 2 is 1.81 bits per heavy atom. The normalized spacial score (nSPS) is 31.8. The highest BCUT2D eigenvalue weighted by Crippen LogP contribution is 2.43. The van der Waals surface area contributed by atoms with Gasteiger partial charge in [0.05, 0.1) is 11.5 Å². The van der Waals surface area contributed by atoms with Gasteiger partial charge in [-0.2, -0.15) is 9.37 Å². The third-order valence-corrected chi connectivity index (χ3v) is 6.40. The average Bonchev–Trinajstić information content (AvgIpc) is 2.95. The number of carbonyl (C=O) groups is 1. The van der Waals surface area contributed by atoms with E-state index in [9.17, 15) is 23.1 Å². The van der Waals surface area contributed by atoms with E-state index in [1.165, 1.54) is 0 Å². The minimum absolute atomic E-state index is 0.0663. The molecule has 4 rings (SSSR count). The summed E-state index contributed by atoms with van der Waals surface area (Å²) in [5.74, 6) is -3.71. The Bertz CT molecular complexity index is 739. The Labute approximate surface area is 156 Å². The van der Waals surface area contributed by atoms with E-state index in [2.05, 4.69) is 4.98 Å². The van der Waals surface area contributed by atoms with E-state index < -0.39 is 23.0 Å². The van der Waals surface area contributed by atoms with Crippen LogP contribution >= 0.6 is 0 Å². The number of amides is 1. The maximum Gasteiger partial charge on any atom is 0.251 e. The van der Waals surface area contributed by atoms with Gasteiger partial charge in [-0.3, -0.25) is 4.79 Å². The topological polar surface area (TPSA) is 56.7 Å². The third kappa shape index (κ3) is 3.28. The van der Waals surface area contributed by atoms with Gasteiger partial charge in [0.25, 0.3) is 5.95 Å². The standard InChI is InChI=1S/C19H24F3N3O2/c20-14-10-15(21)17(23-16(14)22)24-8-1-6-19(11-24)7-9-25(18(19)27)12-2-4-13(26)5-3-12/h10,12-13,26H,1-9,11H2/t12?,13?,19-/m1/s1. The molecule has 1 N–H and O–H groups in total. The van der Waals surface area contributed by atoms with Crippen LogP contribution in [-0.2, 0) is 4.79 Å². The molecule has 1 atom stereocenters. The minimum Gasteiger partial charge on any atom is -0.393 e. The van der Waals surface area contributed by atoms with E-state index in [1.54, 1.807) is 4.90 Å². The van der Waals surface area contributed by atoms with Crippen molar-refractivity contribution in [2.75, 3.05) is 24.5 Å². The number of carbonyl (C=O) groups excluding carboxylic acids is 1. The lowest BCUT2D eigenvalue weighted by atomic mass is 9.78. The van der Waals surface area contributed by atoms with Crippen molar-refractivity contribution in [2.45, 2.75) is 57.1 Å². The number of hydrogen-bond donors (Lipinski definition) is 1. The third-order valence-electron chi connectivity index (χ3n) is 6.40. The monoisotopic (exact) mass is 383 g/mol. The first-order chi connectivity index (χ1) is 12.9. The van der Waals surface area contributed by atoms with Crippen molar-refractivity contribution in [1.82, 2.24) is 9.88 Å². The zero-order chi connectivity index (χ0) is 19.2. The molecule has 0 bridgehead atoms. The Balaban J connectivity index is 1.52. The SMILES string of the molecule is O=C1N(C2CCC(O)CC2)CC[C@@]12CCCN(c1nc(F)c(F)cc1F)C2. The van der Waals surface area contributed by atoms with Gasteiger partial charge in [-0.1, -0.05) is 0 Å². The fraction of sp³-hybridized carbons (Fsp3) is 0.684. The Morgan fingerprint density at radius 3 is 2.56 bits per heavy atom. The van der Waals surface area contributed by atoms with Crippen molar-refractivity contribution in [1.29, 1.82) is 0 Å². The summed E-state index contributed by atoms with van der Waals surface area (Å²) >= 11 is 0. The van der Waals surface area contributed by atoms with Crippen LogP contribution in [0.25, 0.3) is 0 Å². The summed E-state index contributed by atoms with van der Waals surface area (Å²) in [6, 6.07) is 0.656. The van der Waals surface area contributed by atoms with Gasteiger partial charge in [-0.25, -0.2) is 8.78 Å². The quantitative estimate of drug-likeness (QED) is 0.798. The first-order valence-corrected chi connectivity index (χ1v) is 9.65. The zero-order valence-corrected chi connectivity index (χ0v) is 15.1. The van der Waals surface area contributed by atoms with Crippen LogP contribution in [0.5, 0.6) is 0 Å². The van der Waals surface area contributed by atoms with Crippen molar-refractivity contribution in [3.63, 3.8) is 0 Å². The maximum atomic E-state index is 14.2. The fourth-order valence-corrected chi connectivity index (χ4v) is 4.91.